The molecule has 55 heavy (non-hydrogen) atoms. The molecule has 0 saturated carbocycles. The fraction of sp³-hybridized carbons (Fsp3) is 0. The molecule has 0 spiro atoms. The van der Waals surface area contributed by atoms with Gasteiger partial charge in [0.1, 0.15) is 22.8 Å². The highest BCUT2D eigenvalue weighted by Crippen LogP contribution is 2.42. The number of aromatic nitrogens is 3. The van der Waals surface area contributed by atoms with Crippen LogP contribution < -0.4 is 0 Å². The molecule has 0 aliphatic carbocycles. The lowest BCUT2D eigenvalue weighted by atomic mass is 9.99. The van der Waals surface area contributed by atoms with E-state index in [4.69, 9.17) is 21.0 Å². The van der Waals surface area contributed by atoms with Crippen LogP contribution in [0.3, 0.4) is 0 Å². The molecule has 6 nitrogen and oxygen atoms in total. The van der Waals surface area contributed by atoms with Crippen LogP contribution in [0.4, 0.5) is 5.69 Å². The molecule has 0 N–H and O–H groups in total. The normalized spacial score (nSPS) is 11.6. The standard InChI is InChI=1S/C48H25N5OS/c1-50-38-24-29(19-21-40(38)53-39-16-8-5-13-31(39)34-25-35-32-14-6-9-17-42(32)54-43(35)26-41(34)53)47-37(27-49)46(28-11-3-2-4-12-28)51-48(52-47)30-20-22-45-36(23-30)33-15-7-10-18-44(33)55-45/h2-26H. The van der Waals surface area contributed by atoms with E-state index in [0.29, 0.717) is 34.0 Å². The largest absolute Gasteiger partial charge is 0.456 e. The van der Waals surface area contributed by atoms with Gasteiger partial charge in [0.25, 0.3) is 0 Å². The molecule has 0 aliphatic heterocycles. The summed E-state index contributed by atoms with van der Waals surface area (Å²) in [4.78, 5) is 14.2. The van der Waals surface area contributed by atoms with Crippen molar-refractivity contribution in [3.63, 3.8) is 0 Å². The Morgan fingerprint density at radius 3 is 2.11 bits per heavy atom. The number of benzene rings is 7. The SMILES string of the molecule is [C-]#[N+]c1cc(-c2nc(-c3ccc4sc5ccccc5c4c3)nc(-c3ccccc3)c2C#N)ccc1-n1c2ccccc2c2cc3c(cc21)oc1ccccc13. The van der Waals surface area contributed by atoms with Gasteiger partial charge in [-0.2, -0.15) is 5.26 Å². The predicted molar refractivity (Wildman–Crippen MR) is 224 cm³/mol. The van der Waals surface area contributed by atoms with Crippen molar-refractivity contribution in [1.29, 1.82) is 5.26 Å². The van der Waals surface area contributed by atoms with E-state index in [1.54, 1.807) is 11.3 Å². The Morgan fingerprint density at radius 2 is 1.27 bits per heavy atom. The molecule has 254 valence electrons. The van der Waals surface area contributed by atoms with E-state index >= 15 is 0 Å². The minimum atomic E-state index is 0.352. The van der Waals surface area contributed by atoms with E-state index < -0.39 is 0 Å². The fourth-order valence-electron chi connectivity index (χ4n) is 7.97. The van der Waals surface area contributed by atoms with Gasteiger partial charge in [-0.1, -0.05) is 91.0 Å². The number of fused-ring (bicyclic) bond motifs is 9. The molecular formula is C48H25N5OS. The Labute approximate surface area is 318 Å². The van der Waals surface area contributed by atoms with Gasteiger partial charge in [-0.25, -0.2) is 14.8 Å². The number of thiophene rings is 1. The van der Waals surface area contributed by atoms with Gasteiger partial charge < -0.3 is 8.98 Å². The smallest absolute Gasteiger partial charge is 0.211 e. The number of nitriles is 1. The minimum absolute atomic E-state index is 0.352. The van der Waals surface area contributed by atoms with Crippen molar-refractivity contribution in [2.45, 2.75) is 0 Å². The highest BCUT2D eigenvalue weighted by atomic mass is 32.1. The Balaban J connectivity index is 1.13. The average Bonchev–Trinajstić information content (AvgIpc) is 3.91. The van der Waals surface area contributed by atoms with Crippen LogP contribution in [0.1, 0.15) is 5.56 Å². The molecule has 0 aliphatic rings. The molecule has 0 fully saturated rings. The van der Waals surface area contributed by atoms with Crippen molar-refractivity contribution in [2.24, 2.45) is 0 Å². The van der Waals surface area contributed by atoms with Crippen molar-refractivity contribution >= 4 is 80.9 Å². The van der Waals surface area contributed by atoms with Gasteiger partial charge in [0.2, 0.25) is 5.69 Å². The monoisotopic (exact) mass is 719 g/mol. The summed E-state index contributed by atoms with van der Waals surface area (Å²) in [5, 5.41) is 17.3. The van der Waals surface area contributed by atoms with Crippen LogP contribution in [0.15, 0.2) is 156 Å². The van der Waals surface area contributed by atoms with Gasteiger partial charge in [0.15, 0.2) is 5.82 Å². The van der Waals surface area contributed by atoms with Crippen molar-refractivity contribution in [2.75, 3.05) is 0 Å². The maximum Gasteiger partial charge on any atom is 0.211 e. The van der Waals surface area contributed by atoms with Crippen LogP contribution in [-0.2, 0) is 0 Å². The van der Waals surface area contributed by atoms with Gasteiger partial charge in [-0.3, -0.25) is 0 Å². The first-order valence-corrected chi connectivity index (χ1v) is 18.6. The second kappa shape index (κ2) is 12.0. The molecule has 11 rings (SSSR count). The van der Waals surface area contributed by atoms with Crippen LogP contribution in [-0.4, -0.2) is 14.5 Å². The van der Waals surface area contributed by atoms with Crippen LogP contribution in [0.2, 0.25) is 0 Å². The third-order valence-electron chi connectivity index (χ3n) is 10.5. The summed E-state index contributed by atoms with van der Waals surface area (Å²) in [6.45, 7) is 8.44. The fourth-order valence-corrected chi connectivity index (χ4v) is 9.06. The van der Waals surface area contributed by atoms with Crippen molar-refractivity contribution < 1.29 is 4.42 Å². The number of hydrogen-bond acceptors (Lipinski definition) is 5. The Morgan fingerprint density at radius 1 is 0.564 bits per heavy atom. The zero-order valence-corrected chi connectivity index (χ0v) is 29.8. The third-order valence-corrected chi connectivity index (χ3v) is 11.6. The number of rotatable bonds is 4. The number of para-hydroxylation sites is 2. The number of nitrogens with zero attached hydrogens (tertiary/aromatic N) is 5. The molecule has 0 saturated heterocycles. The van der Waals surface area contributed by atoms with Gasteiger partial charge in [-0.15, -0.1) is 11.3 Å². The average molecular weight is 720 g/mol. The Hall–Kier alpha value is -7.58. The lowest BCUT2D eigenvalue weighted by Crippen LogP contribution is -2.01. The molecule has 0 unspecified atom stereocenters. The summed E-state index contributed by atoms with van der Waals surface area (Å²) in [6.07, 6.45) is 0. The van der Waals surface area contributed by atoms with Crippen LogP contribution >= 0.6 is 11.3 Å². The Bertz CT molecular complexity index is 3470. The topological polar surface area (TPSA) is 72.0 Å². The second-order valence-electron chi connectivity index (χ2n) is 13.5. The van der Waals surface area contributed by atoms with Gasteiger partial charge in [0.05, 0.1) is 34.7 Å². The van der Waals surface area contributed by atoms with E-state index in [9.17, 15) is 5.26 Å². The van der Waals surface area contributed by atoms with Gasteiger partial charge >= 0.3 is 0 Å². The number of furan rings is 1. The van der Waals surface area contributed by atoms with Crippen molar-refractivity contribution in [3.8, 4) is 45.7 Å². The van der Waals surface area contributed by atoms with E-state index in [-0.39, 0.29) is 0 Å². The van der Waals surface area contributed by atoms with E-state index in [1.807, 2.05) is 84.9 Å². The maximum atomic E-state index is 10.7. The summed E-state index contributed by atoms with van der Waals surface area (Å²) < 4.78 is 10.9. The summed E-state index contributed by atoms with van der Waals surface area (Å²) in [7, 11) is 0. The highest BCUT2D eigenvalue weighted by molar-refractivity contribution is 7.25. The molecular weight excluding hydrogens is 695 g/mol. The molecule has 0 atom stereocenters. The van der Waals surface area contributed by atoms with E-state index in [1.165, 1.54) is 14.8 Å². The quantitative estimate of drug-likeness (QED) is 0.170. The lowest BCUT2D eigenvalue weighted by Gasteiger charge is -2.15. The zero-order valence-electron chi connectivity index (χ0n) is 29.0. The molecule has 7 aromatic carbocycles. The van der Waals surface area contributed by atoms with Crippen LogP contribution in [0, 0.1) is 17.9 Å². The molecule has 4 aromatic heterocycles. The summed E-state index contributed by atoms with van der Waals surface area (Å²) in [6, 6.07) is 53.3. The molecule has 4 heterocycles. The van der Waals surface area contributed by atoms with Crippen LogP contribution in [0.5, 0.6) is 0 Å². The third kappa shape index (κ3) is 4.71. The first-order chi connectivity index (χ1) is 27.2. The Kier molecular flexibility index (Phi) is 6.75. The molecule has 0 amide bonds. The van der Waals surface area contributed by atoms with Crippen LogP contribution in [0.25, 0.3) is 108 Å². The highest BCUT2D eigenvalue weighted by Gasteiger charge is 2.22. The summed E-state index contributed by atoms with van der Waals surface area (Å²) in [5.74, 6) is 0.510. The predicted octanol–water partition coefficient (Wildman–Crippen LogP) is 13.3. The molecule has 11 aromatic rings. The second-order valence-corrected chi connectivity index (χ2v) is 14.6. The first kappa shape index (κ1) is 31.0. The minimum Gasteiger partial charge on any atom is -0.456 e. The molecule has 0 bridgehead atoms. The van der Waals surface area contributed by atoms with Crippen molar-refractivity contribution in [3.05, 3.63) is 169 Å². The summed E-state index contributed by atoms with van der Waals surface area (Å²) in [5.41, 5.74) is 8.40. The molecule has 0 radical (unpaired) electrons. The van der Waals surface area contributed by atoms with Gasteiger partial charge in [-0.05, 0) is 60.2 Å². The first-order valence-electron chi connectivity index (χ1n) is 17.8. The van der Waals surface area contributed by atoms with E-state index in [2.05, 4.69) is 82.2 Å². The van der Waals surface area contributed by atoms with Gasteiger partial charge in [0, 0.05) is 58.9 Å². The maximum absolute atomic E-state index is 10.7. The zero-order chi connectivity index (χ0) is 36.6. The summed E-state index contributed by atoms with van der Waals surface area (Å²) >= 11 is 1.76. The number of hydrogen-bond donors (Lipinski definition) is 0. The molecule has 7 heteroatoms. The van der Waals surface area contributed by atoms with Crippen molar-refractivity contribution in [1.82, 2.24) is 14.5 Å². The van der Waals surface area contributed by atoms with E-state index in [0.717, 1.165) is 65.9 Å². The lowest BCUT2D eigenvalue weighted by molar-refractivity contribution is 0.669.